The smallest absolute Gasteiger partial charge is 0.305 e. The van der Waals surface area contributed by atoms with Crippen LogP contribution in [0.4, 0.5) is 5.69 Å². The van der Waals surface area contributed by atoms with Gasteiger partial charge in [-0.1, -0.05) is 30.3 Å². The van der Waals surface area contributed by atoms with Gasteiger partial charge in [0, 0.05) is 0 Å². The molecular weight excluding hydrogens is 302 g/mol. The lowest BCUT2D eigenvalue weighted by atomic mass is 10.0. The van der Waals surface area contributed by atoms with E-state index in [2.05, 4.69) is 0 Å². The highest BCUT2D eigenvalue weighted by Gasteiger charge is 2.43. The molecule has 0 saturated carbocycles. The molecule has 1 N–H and O–H groups in total. The molecule has 3 rings (SSSR count). The Kier molecular flexibility index (Phi) is 3.41. The number of para-hydroxylation sites is 1. The maximum absolute atomic E-state index is 12.9. The highest BCUT2D eigenvalue weighted by atomic mass is 32.2. The highest BCUT2D eigenvalue weighted by molar-refractivity contribution is 7.93. The minimum absolute atomic E-state index is 0.197. The van der Waals surface area contributed by atoms with Crippen molar-refractivity contribution in [2.24, 2.45) is 0 Å². The SMILES string of the molecule is Cc1ccc2c(c1)S(=O)(=O)N(c1ccccc1)C2CC(=O)O. The van der Waals surface area contributed by atoms with Gasteiger partial charge in [0.25, 0.3) is 10.0 Å². The number of fused-ring (bicyclic) bond motifs is 1. The van der Waals surface area contributed by atoms with E-state index in [1.54, 1.807) is 48.5 Å². The van der Waals surface area contributed by atoms with Gasteiger partial charge in [-0.3, -0.25) is 9.10 Å². The summed E-state index contributed by atoms with van der Waals surface area (Å²) in [6.45, 7) is 1.81. The van der Waals surface area contributed by atoms with Crippen LogP contribution in [0.5, 0.6) is 0 Å². The number of hydrogen-bond acceptors (Lipinski definition) is 3. The molecule has 0 aliphatic carbocycles. The first-order valence-electron chi connectivity index (χ1n) is 6.83. The molecule has 2 aromatic carbocycles. The summed E-state index contributed by atoms with van der Waals surface area (Å²) in [6, 6.07) is 13.0. The van der Waals surface area contributed by atoms with Crippen LogP contribution in [0.25, 0.3) is 0 Å². The Morgan fingerprint density at radius 2 is 1.86 bits per heavy atom. The normalized spacial score (nSPS) is 19.0. The quantitative estimate of drug-likeness (QED) is 0.944. The first kappa shape index (κ1) is 14.6. The van der Waals surface area contributed by atoms with Crippen LogP contribution in [0, 0.1) is 6.92 Å². The van der Waals surface area contributed by atoms with Crippen LogP contribution in [-0.2, 0) is 14.8 Å². The number of nitrogens with zero attached hydrogens (tertiary/aromatic N) is 1. The van der Waals surface area contributed by atoms with Crippen LogP contribution in [0.15, 0.2) is 53.4 Å². The fraction of sp³-hybridized carbons (Fsp3) is 0.188. The van der Waals surface area contributed by atoms with Gasteiger partial charge in [0.1, 0.15) is 0 Å². The molecule has 22 heavy (non-hydrogen) atoms. The van der Waals surface area contributed by atoms with Crippen LogP contribution in [0.1, 0.15) is 23.6 Å². The van der Waals surface area contributed by atoms with Crippen LogP contribution in [0.3, 0.4) is 0 Å². The average Bonchev–Trinajstić information content (AvgIpc) is 2.67. The summed E-state index contributed by atoms with van der Waals surface area (Å²) in [5.74, 6) is -1.03. The largest absolute Gasteiger partial charge is 0.481 e. The minimum Gasteiger partial charge on any atom is -0.481 e. The van der Waals surface area contributed by atoms with E-state index in [9.17, 15) is 13.2 Å². The van der Waals surface area contributed by atoms with Crippen molar-refractivity contribution >= 4 is 21.7 Å². The number of anilines is 1. The van der Waals surface area contributed by atoms with Crippen LogP contribution < -0.4 is 4.31 Å². The lowest BCUT2D eigenvalue weighted by Crippen LogP contribution is -2.29. The van der Waals surface area contributed by atoms with Crippen LogP contribution >= 0.6 is 0 Å². The van der Waals surface area contributed by atoms with Crippen molar-refractivity contribution in [3.63, 3.8) is 0 Å². The lowest BCUT2D eigenvalue weighted by molar-refractivity contribution is -0.137. The van der Waals surface area contributed by atoms with Crippen LogP contribution in [0.2, 0.25) is 0 Å². The molecule has 1 atom stereocenters. The second-order valence-corrected chi connectivity index (χ2v) is 7.07. The molecule has 0 bridgehead atoms. The molecule has 1 aliphatic heterocycles. The number of hydrogen-bond donors (Lipinski definition) is 1. The molecule has 1 heterocycles. The van der Waals surface area contributed by atoms with Gasteiger partial charge in [-0.05, 0) is 36.2 Å². The second-order valence-electron chi connectivity index (χ2n) is 5.29. The average molecular weight is 317 g/mol. The summed E-state index contributed by atoms with van der Waals surface area (Å²) < 4.78 is 26.9. The van der Waals surface area contributed by atoms with Gasteiger partial charge >= 0.3 is 5.97 Å². The van der Waals surface area contributed by atoms with Crippen molar-refractivity contribution in [3.8, 4) is 0 Å². The van der Waals surface area contributed by atoms with Crippen molar-refractivity contribution in [2.75, 3.05) is 4.31 Å². The zero-order valence-electron chi connectivity index (χ0n) is 11.9. The van der Waals surface area contributed by atoms with Gasteiger partial charge in [-0.15, -0.1) is 0 Å². The third-order valence-electron chi connectivity index (χ3n) is 3.73. The molecule has 6 heteroatoms. The Hall–Kier alpha value is -2.34. The standard InChI is InChI=1S/C16H15NO4S/c1-11-7-8-13-14(10-16(18)19)17(12-5-3-2-4-6-12)22(20,21)15(13)9-11/h2-9,14H,10H2,1H3,(H,18,19). The second kappa shape index (κ2) is 5.14. The van der Waals surface area contributed by atoms with Gasteiger partial charge in [-0.2, -0.15) is 0 Å². The number of carboxylic acids is 1. The first-order valence-corrected chi connectivity index (χ1v) is 8.27. The molecular formula is C16H15NO4S. The topological polar surface area (TPSA) is 74.7 Å². The summed E-state index contributed by atoms with van der Waals surface area (Å²) in [5.41, 5.74) is 1.84. The number of aliphatic carboxylic acids is 1. The fourth-order valence-corrected chi connectivity index (χ4v) is 4.76. The summed E-state index contributed by atoms with van der Waals surface area (Å²) in [6.07, 6.45) is -0.274. The van der Waals surface area contributed by atoms with E-state index >= 15 is 0 Å². The van der Waals surface area contributed by atoms with E-state index < -0.39 is 22.0 Å². The monoisotopic (exact) mass is 317 g/mol. The van der Waals surface area contributed by atoms with E-state index in [-0.39, 0.29) is 11.3 Å². The van der Waals surface area contributed by atoms with Gasteiger partial charge in [0.2, 0.25) is 0 Å². The molecule has 1 aliphatic rings. The molecule has 0 saturated heterocycles. The molecule has 0 spiro atoms. The van der Waals surface area contributed by atoms with Gasteiger partial charge < -0.3 is 5.11 Å². The number of aryl methyl sites for hydroxylation is 1. The van der Waals surface area contributed by atoms with Crippen molar-refractivity contribution < 1.29 is 18.3 Å². The van der Waals surface area contributed by atoms with E-state index in [0.29, 0.717) is 11.3 Å². The first-order chi connectivity index (χ1) is 10.4. The van der Waals surface area contributed by atoms with Gasteiger partial charge in [-0.25, -0.2) is 8.42 Å². The third-order valence-corrected chi connectivity index (χ3v) is 5.62. The molecule has 0 radical (unpaired) electrons. The molecule has 2 aromatic rings. The van der Waals surface area contributed by atoms with Crippen LogP contribution in [-0.4, -0.2) is 19.5 Å². The molecule has 0 fully saturated rings. The Morgan fingerprint density at radius 3 is 2.50 bits per heavy atom. The van der Waals surface area contributed by atoms with E-state index in [1.165, 1.54) is 4.31 Å². The summed E-state index contributed by atoms with van der Waals surface area (Å²) >= 11 is 0. The number of carboxylic acid groups (broad SMARTS) is 1. The Labute approximate surface area is 128 Å². The predicted octanol–water partition coefficient (Wildman–Crippen LogP) is 2.72. The number of rotatable bonds is 3. The van der Waals surface area contributed by atoms with E-state index in [4.69, 9.17) is 5.11 Å². The minimum atomic E-state index is -3.75. The zero-order chi connectivity index (χ0) is 15.9. The fourth-order valence-electron chi connectivity index (χ4n) is 2.79. The van der Waals surface area contributed by atoms with Gasteiger partial charge in [0.05, 0.1) is 23.0 Å². The summed E-state index contributed by atoms with van der Waals surface area (Å²) in [4.78, 5) is 11.4. The highest BCUT2D eigenvalue weighted by Crippen LogP contribution is 2.44. The van der Waals surface area contributed by atoms with Crippen molar-refractivity contribution in [1.29, 1.82) is 0 Å². The van der Waals surface area contributed by atoms with E-state index in [1.807, 2.05) is 6.92 Å². The molecule has 5 nitrogen and oxygen atoms in total. The lowest BCUT2D eigenvalue weighted by Gasteiger charge is -2.24. The number of benzene rings is 2. The molecule has 0 aromatic heterocycles. The Morgan fingerprint density at radius 1 is 1.18 bits per heavy atom. The number of sulfonamides is 1. The molecule has 1 unspecified atom stereocenters. The zero-order valence-corrected chi connectivity index (χ0v) is 12.7. The third kappa shape index (κ3) is 2.25. The maximum atomic E-state index is 12.9. The number of carbonyl (C=O) groups is 1. The predicted molar refractivity (Wildman–Crippen MR) is 82.3 cm³/mol. The Balaban J connectivity index is 2.22. The van der Waals surface area contributed by atoms with Crippen molar-refractivity contribution in [1.82, 2.24) is 0 Å². The summed E-state index contributed by atoms with van der Waals surface area (Å²) in [5, 5.41) is 9.17. The van der Waals surface area contributed by atoms with Crippen molar-refractivity contribution in [3.05, 3.63) is 59.7 Å². The molecule has 114 valence electrons. The van der Waals surface area contributed by atoms with Gasteiger partial charge in [0.15, 0.2) is 0 Å². The van der Waals surface area contributed by atoms with Crippen molar-refractivity contribution in [2.45, 2.75) is 24.3 Å². The van der Waals surface area contributed by atoms with E-state index in [0.717, 1.165) is 5.56 Å². The molecule has 0 amide bonds. The maximum Gasteiger partial charge on any atom is 0.305 e. The Bertz CT molecular complexity index is 830. The summed E-state index contributed by atoms with van der Waals surface area (Å²) in [7, 11) is -3.75.